The quantitative estimate of drug-likeness (QED) is 0.843. The maximum absolute atomic E-state index is 11.9. The van der Waals surface area contributed by atoms with Crippen LogP contribution in [0, 0.1) is 5.92 Å². The first-order valence-electron chi connectivity index (χ1n) is 7.89. The van der Waals surface area contributed by atoms with Crippen molar-refractivity contribution in [3.8, 4) is 5.75 Å². The van der Waals surface area contributed by atoms with Gasteiger partial charge < -0.3 is 15.4 Å². The highest BCUT2D eigenvalue weighted by atomic mass is 16.5. The van der Waals surface area contributed by atoms with Crippen molar-refractivity contribution in [3.05, 3.63) is 30.3 Å². The van der Waals surface area contributed by atoms with E-state index in [4.69, 9.17) is 4.74 Å². The zero-order valence-corrected chi connectivity index (χ0v) is 13.0. The van der Waals surface area contributed by atoms with Crippen LogP contribution in [-0.4, -0.2) is 31.0 Å². The Morgan fingerprint density at radius 2 is 1.86 bits per heavy atom. The van der Waals surface area contributed by atoms with Crippen molar-refractivity contribution in [1.82, 2.24) is 10.6 Å². The van der Waals surface area contributed by atoms with Gasteiger partial charge in [0.25, 0.3) is 5.91 Å². The maximum atomic E-state index is 11.9. The lowest BCUT2D eigenvalue weighted by Crippen LogP contribution is -2.46. The molecule has 0 heterocycles. The first-order valence-corrected chi connectivity index (χ1v) is 7.89. The van der Waals surface area contributed by atoms with E-state index in [0.717, 1.165) is 19.3 Å². The number of nitrogens with one attached hydrogen (secondary N) is 2. The second-order valence-corrected chi connectivity index (χ2v) is 5.81. The molecule has 120 valence electrons. The summed E-state index contributed by atoms with van der Waals surface area (Å²) in [7, 11) is 0. The third-order valence-electron chi connectivity index (χ3n) is 4.02. The fourth-order valence-electron chi connectivity index (χ4n) is 2.68. The molecule has 0 saturated heterocycles. The molecule has 1 aromatic carbocycles. The second-order valence-electron chi connectivity index (χ2n) is 5.81. The lowest BCUT2D eigenvalue weighted by atomic mass is 9.86. The van der Waals surface area contributed by atoms with Gasteiger partial charge in [0, 0.05) is 6.04 Å². The molecule has 1 aromatic rings. The molecule has 1 saturated carbocycles. The van der Waals surface area contributed by atoms with Gasteiger partial charge in [-0.25, -0.2) is 0 Å². The van der Waals surface area contributed by atoms with E-state index in [2.05, 4.69) is 17.6 Å². The SMILES string of the molecule is C[C@H]1CCCC[C@@H]1NC(=O)CNC(=O)COc1ccccc1. The summed E-state index contributed by atoms with van der Waals surface area (Å²) in [6, 6.07) is 9.36. The van der Waals surface area contributed by atoms with Crippen LogP contribution in [0.3, 0.4) is 0 Å². The third-order valence-corrected chi connectivity index (χ3v) is 4.02. The summed E-state index contributed by atoms with van der Waals surface area (Å²) >= 11 is 0. The molecular weight excluding hydrogens is 280 g/mol. The van der Waals surface area contributed by atoms with Gasteiger partial charge in [-0.15, -0.1) is 0 Å². The van der Waals surface area contributed by atoms with Crippen LogP contribution in [0.4, 0.5) is 0 Å². The fourth-order valence-corrected chi connectivity index (χ4v) is 2.68. The molecule has 0 bridgehead atoms. The van der Waals surface area contributed by atoms with E-state index in [0.29, 0.717) is 11.7 Å². The second kappa shape index (κ2) is 8.41. The summed E-state index contributed by atoms with van der Waals surface area (Å²) < 4.78 is 5.32. The number of amides is 2. The van der Waals surface area contributed by atoms with Gasteiger partial charge >= 0.3 is 0 Å². The van der Waals surface area contributed by atoms with Crippen LogP contribution in [0.2, 0.25) is 0 Å². The number of hydrogen-bond acceptors (Lipinski definition) is 3. The summed E-state index contributed by atoms with van der Waals surface area (Å²) in [5, 5.41) is 5.58. The Kier molecular flexibility index (Phi) is 6.25. The largest absolute Gasteiger partial charge is 0.484 e. The molecule has 1 fully saturated rings. The normalized spacial score (nSPS) is 21.0. The van der Waals surface area contributed by atoms with Crippen LogP contribution in [0.5, 0.6) is 5.75 Å². The minimum atomic E-state index is -0.296. The Morgan fingerprint density at radius 3 is 2.59 bits per heavy atom. The van der Waals surface area contributed by atoms with E-state index < -0.39 is 0 Å². The van der Waals surface area contributed by atoms with Gasteiger partial charge in [0.2, 0.25) is 5.91 Å². The standard InChI is InChI=1S/C17H24N2O3/c1-13-7-5-6-10-15(13)19-16(20)11-18-17(21)12-22-14-8-3-2-4-9-14/h2-4,8-9,13,15H,5-7,10-12H2,1H3,(H,18,21)(H,19,20)/t13-,15-/m0/s1. The molecule has 0 aliphatic heterocycles. The Hall–Kier alpha value is -2.04. The highest BCUT2D eigenvalue weighted by molar-refractivity contribution is 5.85. The minimum absolute atomic E-state index is 0.000201. The van der Waals surface area contributed by atoms with Gasteiger partial charge in [0.05, 0.1) is 6.54 Å². The molecule has 1 aliphatic rings. The van der Waals surface area contributed by atoms with Crippen LogP contribution in [0.1, 0.15) is 32.6 Å². The summed E-state index contributed by atoms with van der Waals surface area (Å²) in [5.41, 5.74) is 0. The third kappa shape index (κ3) is 5.39. The number of ether oxygens (including phenoxy) is 1. The molecule has 2 N–H and O–H groups in total. The molecule has 5 nitrogen and oxygen atoms in total. The summed E-state index contributed by atoms with van der Waals surface area (Å²) in [6.45, 7) is 2.08. The van der Waals surface area contributed by atoms with Gasteiger partial charge in [0.1, 0.15) is 5.75 Å². The van der Waals surface area contributed by atoms with E-state index in [9.17, 15) is 9.59 Å². The predicted octanol–water partition coefficient (Wildman–Crippen LogP) is 1.88. The Morgan fingerprint density at radius 1 is 1.14 bits per heavy atom. The number of benzene rings is 1. The van der Waals surface area contributed by atoms with Crippen LogP contribution in [0.15, 0.2) is 30.3 Å². The van der Waals surface area contributed by atoms with Gasteiger partial charge in [-0.1, -0.05) is 38.0 Å². The lowest BCUT2D eigenvalue weighted by Gasteiger charge is -2.29. The molecule has 1 aliphatic carbocycles. The Bertz CT molecular complexity index is 490. The number of rotatable bonds is 6. The predicted molar refractivity (Wildman–Crippen MR) is 84.5 cm³/mol. The van der Waals surface area contributed by atoms with Crippen molar-refractivity contribution in [1.29, 1.82) is 0 Å². The zero-order chi connectivity index (χ0) is 15.8. The maximum Gasteiger partial charge on any atom is 0.258 e. The first kappa shape index (κ1) is 16.3. The van der Waals surface area contributed by atoms with E-state index in [1.165, 1.54) is 6.42 Å². The highest BCUT2D eigenvalue weighted by Crippen LogP contribution is 2.23. The molecule has 0 spiro atoms. The van der Waals surface area contributed by atoms with Crippen LogP contribution in [0.25, 0.3) is 0 Å². The lowest BCUT2D eigenvalue weighted by molar-refractivity contribution is -0.127. The highest BCUT2D eigenvalue weighted by Gasteiger charge is 2.22. The van der Waals surface area contributed by atoms with Crippen molar-refractivity contribution in [2.75, 3.05) is 13.2 Å². The van der Waals surface area contributed by atoms with E-state index in [1.54, 1.807) is 12.1 Å². The van der Waals surface area contributed by atoms with Crippen LogP contribution >= 0.6 is 0 Å². The van der Waals surface area contributed by atoms with E-state index in [-0.39, 0.29) is 31.0 Å². The van der Waals surface area contributed by atoms with Crippen molar-refractivity contribution in [2.24, 2.45) is 5.92 Å². The molecule has 22 heavy (non-hydrogen) atoms. The molecule has 0 radical (unpaired) electrons. The van der Waals surface area contributed by atoms with E-state index >= 15 is 0 Å². The average molecular weight is 304 g/mol. The molecular formula is C17H24N2O3. The molecule has 2 rings (SSSR count). The number of hydrogen-bond donors (Lipinski definition) is 2. The molecule has 0 unspecified atom stereocenters. The molecule has 2 atom stereocenters. The van der Waals surface area contributed by atoms with Crippen LogP contribution in [-0.2, 0) is 9.59 Å². The smallest absolute Gasteiger partial charge is 0.258 e. The van der Waals surface area contributed by atoms with Gasteiger partial charge in [0.15, 0.2) is 6.61 Å². The van der Waals surface area contributed by atoms with Crippen molar-refractivity contribution in [3.63, 3.8) is 0 Å². The van der Waals surface area contributed by atoms with Crippen molar-refractivity contribution in [2.45, 2.75) is 38.6 Å². The summed E-state index contributed by atoms with van der Waals surface area (Å²) in [6.07, 6.45) is 4.58. The molecule has 0 aromatic heterocycles. The monoisotopic (exact) mass is 304 g/mol. The molecule has 5 heteroatoms. The van der Waals surface area contributed by atoms with Crippen molar-refractivity contribution < 1.29 is 14.3 Å². The molecule has 2 amide bonds. The minimum Gasteiger partial charge on any atom is -0.484 e. The Balaban J connectivity index is 1.64. The number of para-hydroxylation sites is 1. The number of carbonyl (C=O) groups is 2. The average Bonchev–Trinajstić information content (AvgIpc) is 2.54. The van der Waals surface area contributed by atoms with Gasteiger partial charge in [-0.3, -0.25) is 9.59 Å². The zero-order valence-electron chi connectivity index (χ0n) is 13.0. The first-order chi connectivity index (χ1) is 10.6. The van der Waals surface area contributed by atoms with Crippen molar-refractivity contribution >= 4 is 11.8 Å². The van der Waals surface area contributed by atoms with E-state index in [1.807, 2.05) is 18.2 Å². The Labute approximate surface area is 131 Å². The fraction of sp³-hybridized carbons (Fsp3) is 0.529. The van der Waals surface area contributed by atoms with Gasteiger partial charge in [-0.2, -0.15) is 0 Å². The topological polar surface area (TPSA) is 67.4 Å². The number of carbonyl (C=O) groups excluding carboxylic acids is 2. The summed E-state index contributed by atoms with van der Waals surface area (Å²) in [4.78, 5) is 23.5. The summed E-state index contributed by atoms with van der Waals surface area (Å²) in [5.74, 6) is 0.718. The van der Waals surface area contributed by atoms with Crippen LogP contribution < -0.4 is 15.4 Å². The van der Waals surface area contributed by atoms with Gasteiger partial charge in [-0.05, 0) is 30.9 Å².